The molecule has 0 N–H and O–H groups in total. The standard InChI is InChI=1S/C21H19Cl2N3O2S/c1-13-4-7-15(8-5-13)26-20(28)18(11-14-6-9-16(22)17(23)10-14)24-21(26)29-12-19(27)25(2)3/h4-11H,12H2,1-3H3. The monoisotopic (exact) mass is 447 g/mol. The molecule has 1 aliphatic heterocycles. The Morgan fingerprint density at radius 3 is 2.45 bits per heavy atom. The van der Waals surface area contributed by atoms with Crippen molar-refractivity contribution < 1.29 is 9.59 Å². The number of thioether (sulfide) groups is 1. The second-order valence-electron chi connectivity index (χ2n) is 6.65. The third-order valence-electron chi connectivity index (χ3n) is 4.19. The Morgan fingerprint density at radius 1 is 1.14 bits per heavy atom. The summed E-state index contributed by atoms with van der Waals surface area (Å²) >= 11 is 13.3. The van der Waals surface area contributed by atoms with Gasteiger partial charge < -0.3 is 4.90 Å². The number of halogens is 2. The number of hydrogen-bond donors (Lipinski definition) is 0. The first kappa shape index (κ1) is 21.4. The number of benzene rings is 2. The molecular formula is C21H19Cl2N3O2S. The Balaban J connectivity index is 1.96. The van der Waals surface area contributed by atoms with Crippen LogP contribution in [-0.4, -0.2) is 41.7 Å². The molecule has 0 saturated heterocycles. The van der Waals surface area contributed by atoms with E-state index < -0.39 is 0 Å². The number of aryl methyl sites for hydroxylation is 1. The van der Waals surface area contributed by atoms with Gasteiger partial charge in [-0.2, -0.15) is 0 Å². The Hall–Kier alpha value is -2.28. The number of anilines is 1. The van der Waals surface area contributed by atoms with Gasteiger partial charge in [0.15, 0.2) is 5.17 Å². The van der Waals surface area contributed by atoms with E-state index in [9.17, 15) is 9.59 Å². The molecule has 3 rings (SSSR count). The fourth-order valence-corrected chi connectivity index (χ4v) is 3.83. The van der Waals surface area contributed by atoms with E-state index in [2.05, 4.69) is 4.99 Å². The van der Waals surface area contributed by atoms with Crippen LogP contribution in [0.4, 0.5) is 5.69 Å². The molecular weight excluding hydrogens is 429 g/mol. The average molecular weight is 448 g/mol. The van der Waals surface area contributed by atoms with Crippen LogP contribution in [0.3, 0.4) is 0 Å². The second-order valence-corrected chi connectivity index (χ2v) is 8.41. The van der Waals surface area contributed by atoms with Gasteiger partial charge in [-0.1, -0.05) is 58.7 Å². The maximum Gasteiger partial charge on any atom is 0.283 e. The molecule has 1 heterocycles. The van der Waals surface area contributed by atoms with Crippen LogP contribution in [0.25, 0.3) is 6.08 Å². The van der Waals surface area contributed by atoms with E-state index in [1.54, 1.807) is 38.4 Å². The third-order valence-corrected chi connectivity index (χ3v) is 5.85. The molecule has 2 aromatic rings. The van der Waals surface area contributed by atoms with E-state index in [0.29, 0.717) is 26.5 Å². The zero-order valence-electron chi connectivity index (χ0n) is 16.1. The van der Waals surface area contributed by atoms with Crippen molar-refractivity contribution in [1.29, 1.82) is 0 Å². The summed E-state index contributed by atoms with van der Waals surface area (Å²) in [6.07, 6.45) is 1.66. The van der Waals surface area contributed by atoms with Crippen molar-refractivity contribution in [3.05, 3.63) is 69.3 Å². The van der Waals surface area contributed by atoms with Gasteiger partial charge in [0.25, 0.3) is 5.91 Å². The third kappa shape index (κ3) is 5.01. The minimum Gasteiger partial charge on any atom is -0.348 e. The molecule has 0 radical (unpaired) electrons. The van der Waals surface area contributed by atoms with E-state index in [1.807, 2.05) is 31.2 Å². The smallest absolute Gasteiger partial charge is 0.283 e. The quantitative estimate of drug-likeness (QED) is 0.628. The summed E-state index contributed by atoms with van der Waals surface area (Å²) in [6, 6.07) is 12.7. The van der Waals surface area contributed by atoms with Crippen LogP contribution in [0.1, 0.15) is 11.1 Å². The lowest BCUT2D eigenvalue weighted by Gasteiger charge is -2.18. The molecule has 0 spiro atoms. The molecule has 29 heavy (non-hydrogen) atoms. The van der Waals surface area contributed by atoms with Crippen LogP contribution in [0.15, 0.2) is 53.2 Å². The fourth-order valence-electron chi connectivity index (χ4n) is 2.53. The molecule has 8 heteroatoms. The van der Waals surface area contributed by atoms with E-state index in [4.69, 9.17) is 23.2 Å². The first-order chi connectivity index (χ1) is 13.8. The van der Waals surface area contributed by atoms with Crippen molar-refractivity contribution in [2.24, 2.45) is 4.99 Å². The summed E-state index contributed by atoms with van der Waals surface area (Å²) in [4.78, 5) is 32.7. The number of amidine groups is 1. The Morgan fingerprint density at radius 2 is 1.83 bits per heavy atom. The zero-order chi connectivity index (χ0) is 21.1. The van der Waals surface area contributed by atoms with Crippen molar-refractivity contribution in [2.45, 2.75) is 6.92 Å². The lowest BCUT2D eigenvalue weighted by molar-refractivity contribution is -0.125. The van der Waals surface area contributed by atoms with Crippen molar-refractivity contribution in [3.8, 4) is 0 Å². The van der Waals surface area contributed by atoms with Gasteiger partial charge in [-0.25, -0.2) is 4.99 Å². The molecule has 0 aromatic heterocycles. The highest BCUT2D eigenvalue weighted by molar-refractivity contribution is 8.14. The lowest BCUT2D eigenvalue weighted by Crippen LogP contribution is -2.32. The molecule has 1 aliphatic rings. The first-order valence-corrected chi connectivity index (χ1v) is 10.5. The number of hydrogen-bond acceptors (Lipinski definition) is 4. The number of carbonyl (C=O) groups excluding carboxylic acids is 2. The first-order valence-electron chi connectivity index (χ1n) is 8.76. The maximum absolute atomic E-state index is 13.1. The van der Waals surface area contributed by atoms with Gasteiger partial charge in [0, 0.05) is 14.1 Å². The number of rotatable bonds is 4. The highest BCUT2D eigenvalue weighted by atomic mass is 35.5. The Kier molecular flexibility index (Phi) is 6.67. The molecule has 0 saturated carbocycles. The molecule has 0 atom stereocenters. The Bertz CT molecular complexity index is 1020. The number of carbonyl (C=O) groups is 2. The normalized spacial score (nSPS) is 15.1. The fraction of sp³-hybridized carbons (Fsp3) is 0.190. The van der Waals surface area contributed by atoms with Gasteiger partial charge in [0.1, 0.15) is 5.70 Å². The SMILES string of the molecule is Cc1ccc(N2C(=O)C(=Cc3ccc(Cl)c(Cl)c3)N=C2SCC(=O)N(C)C)cc1. The zero-order valence-corrected chi connectivity index (χ0v) is 18.5. The van der Waals surface area contributed by atoms with Crippen LogP contribution < -0.4 is 4.90 Å². The van der Waals surface area contributed by atoms with Crippen LogP contribution in [0.5, 0.6) is 0 Å². The molecule has 0 unspecified atom stereocenters. The molecule has 0 bridgehead atoms. The van der Waals surface area contributed by atoms with Crippen molar-refractivity contribution in [2.75, 3.05) is 24.7 Å². The molecule has 5 nitrogen and oxygen atoms in total. The van der Waals surface area contributed by atoms with Gasteiger partial charge in [0.2, 0.25) is 5.91 Å². The highest BCUT2D eigenvalue weighted by Crippen LogP contribution is 2.31. The van der Waals surface area contributed by atoms with Crippen molar-refractivity contribution in [3.63, 3.8) is 0 Å². The van der Waals surface area contributed by atoms with Crippen LogP contribution in [0, 0.1) is 6.92 Å². The summed E-state index contributed by atoms with van der Waals surface area (Å²) < 4.78 is 0. The predicted molar refractivity (Wildman–Crippen MR) is 122 cm³/mol. The van der Waals surface area contributed by atoms with Crippen LogP contribution in [-0.2, 0) is 9.59 Å². The minimum absolute atomic E-state index is 0.0593. The minimum atomic E-state index is -0.264. The lowest BCUT2D eigenvalue weighted by atomic mass is 10.2. The van der Waals surface area contributed by atoms with Gasteiger partial charge in [-0.05, 0) is 42.8 Å². The van der Waals surface area contributed by atoms with E-state index in [1.165, 1.54) is 21.6 Å². The van der Waals surface area contributed by atoms with Crippen molar-refractivity contribution in [1.82, 2.24) is 4.90 Å². The molecule has 2 amide bonds. The number of aliphatic imine (C=N–C) groups is 1. The molecule has 0 aliphatic carbocycles. The Labute approximate surface area is 184 Å². The summed E-state index contributed by atoms with van der Waals surface area (Å²) in [5.41, 5.74) is 2.76. The number of amides is 2. The average Bonchev–Trinajstić information content (AvgIpc) is 2.98. The van der Waals surface area contributed by atoms with Gasteiger partial charge in [0.05, 0.1) is 21.5 Å². The predicted octanol–water partition coefficient (Wildman–Crippen LogP) is 4.87. The van der Waals surface area contributed by atoms with Gasteiger partial charge in [-0.15, -0.1) is 0 Å². The summed E-state index contributed by atoms with van der Waals surface area (Å²) in [5.74, 6) is -0.141. The topological polar surface area (TPSA) is 53.0 Å². The van der Waals surface area contributed by atoms with Crippen LogP contribution >= 0.6 is 35.0 Å². The second kappa shape index (κ2) is 9.03. The molecule has 2 aromatic carbocycles. The number of nitrogens with zero attached hydrogens (tertiary/aromatic N) is 3. The maximum atomic E-state index is 13.1. The van der Waals surface area contributed by atoms with Crippen molar-refractivity contribution >= 4 is 63.7 Å². The van der Waals surface area contributed by atoms with E-state index >= 15 is 0 Å². The molecule has 150 valence electrons. The summed E-state index contributed by atoms with van der Waals surface area (Å²) in [6.45, 7) is 1.98. The van der Waals surface area contributed by atoms with Gasteiger partial charge >= 0.3 is 0 Å². The van der Waals surface area contributed by atoms with Gasteiger partial charge in [-0.3, -0.25) is 14.5 Å². The van der Waals surface area contributed by atoms with Crippen LogP contribution in [0.2, 0.25) is 10.0 Å². The van der Waals surface area contributed by atoms with E-state index in [0.717, 1.165) is 5.56 Å². The largest absolute Gasteiger partial charge is 0.348 e. The van der Waals surface area contributed by atoms with E-state index in [-0.39, 0.29) is 23.3 Å². The highest BCUT2D eigenvalue weighted by Gasteiger charge is 2.32. The summed E-state index contributed by atoms with van der Waals surface area (Å²) in [5, 5.41) is 1.30. The molecule has 0 fully saturated rings. The summed E-state index contributed by atoms with van der Waals surface area (Å²) in [7, 11) is 3.38.